The minimum absolute atomic E-state index is 0.0257. The molecule has 0 radical (unpaired) electrons. The molecule has 10 heteroatoms. The van der Waals surface area contributed by atoms with Gasteiger partial charge in [-0.3, -0.25) is 14.4 Å². The summed E-state index contributed by atoms with van der Waals surface area (Å²) in [5, 5.41) is 5.99. The van der Waals surface area contributed by atoms with Crippen molar-refractivity contribution in [1.29, 1.82) is 0 Å². The molecule has 0 saturated carbocycles. The minimum Gasteiger partial charge on any atom is -0.371 e. The van der Waals surface area contributed by atoms with E-state index >= 15 is 0 Å². The maximum absolute atomic E-state index is 13.4. The second-order valence-corrected chi connectivity index (χ2v) is 11.0. The van der Waals surface area contributed by atoms with Gasteiger partial charge >= 0.3 is 0 Å². The molecular weight excluding hydrogens is 490 g/mol. The first-order valence-electron chi connectivity index (χ1n) is 13.0. The first kappa shape index (κ1) is 27.2. The molecule has 200 valence electrons. The summed E-state index contributed by atoms with van der Waals surface area (Å²) in [5.41, 5.74) is 2.31. The van der Waals surface area contributed by atoms with Crippen LogP contribution >= 0.6 is 11.3 Å². The molecule has 0 bridgehead atoms. The molecule has 1 N–H and O–H groups in total. The fourth-order valence-corrected chi connectivity index (χ4v) is 5.61. The first-order chi connectivity index (χ1) is 17.8. The zero-order valence-electron chi connectivity index (χ0n) is 22.1. The molecule has 3 heterocycles. The SMILES string of the molecule is CCN(C(=O)C(CC(C)C)NC(=O)c1ccc(-c2csc(N3CCN(C)CC3)n2)cc1)C1COCC1=O. The van der Waals surface area contributed by atoms with Crippen LogP contribution in [0.2, 0.25) is 0 Å². The minimum atomic E-state index is -0.717. The topological polar surface area (TPSA) is 95.1 Å². The maximum Gasteiger partial charge on any atom is 0.251 e. The first-order valence-corrected chi connectivity index (χ1v) is 13.9. The zero-order valence-corrected chi connectivity index (χ0v) is 22.9. The normalized spacial score (nSPS) is 19.3. The van der Waals surface area contributed by atoms with Crippen LogP contribution in [0.5, 0.6) is 0 Å². The lowest BCUT2D eigenvalue weighted by molar-refractivity contribution is -0.139. The molecule has 2 amide bonds. The van der Waals surface area contributed by atoms with Crippen LogP contribution in [-0.2, 0) is 14.3 Å². The molecule has 1 aromatic heterocycles. The van der Waals surface area contributed by atoms with E-state index in [4.69, 9.17) is 9.72 Å². The number of thiazole rings is 1. The van der Waals surface area contributed by atoms with E-state index in [2.05, 4.69) is 22.2 Å². The Hall–Kier alpha value is -2.82. The van der Waals surface area contributed by atoms with Crippen LogP contribution < -0.4 is 10.2 Å². The number of benzene rings is 1. The quantitative estimate of drug-likeness (QED) is 0.536. The van der Waals surface area contributed by atoms with Crippen LogP contribution in [0, 0.1) is 5.92 Å². The highest BCUT2D eigenvalue weighted by Crippen LogP contribution is 2.28. The van der Waals surface area contributed by atoms with Crippen LogP contribution in [-0.4, -0.2) is 97.5 Å². The Labute approximate surface area is 222 Å². The van der Waals surface area contributed by atoms with Gasteiger partial charge in [-0.2, -0.15) is 0 Å². The second kappa shape index (κ2) is 12.1. The average Bonchev–Trinajstić information content (AvgIpc) is 3.54. The Morgan fingerprint density at radius 1 is 1.19 bits per heavy atom. The van der Waals surface area contributed by atoms with Crippen LogP contribution in [0.25, 0.3) is 11.3 Å². The van der Waals surface area contributed by atoms with Crippen molar-refractivity contribution in [2.75, 3.05) is 57.9 Å². The third-order valence-electron chi connectivity index (χ3n) is 6.91. The van der Waals surface area contributed by atoms with E-state index in [1.54, 1.807) is 23.5 Å². The number of hydrogen-bond acceptors (Lipinski definition) is 8. The monoisotopic (exact) mass is 527 g/mol. The lowest BCUT2D eigenvalue weighted by Gasteiger charge is -2.32. The number of likely N-dealkylation sites (N-methyl/N-ethyl adjacent to an activating group) is 2. The fraction of sp³-hybridized carbons (Fsp3) is 0.556. The van der Waals surface area contributed by atoms with E-state index < -0.39 is 12.1 Å². The van der Waals surface area contributed by atoms with E-state index in [0.29, 0.717) is 18.5 Å². The van der Waals surface area contributed by atoms with Gasteiger partial charge in [0.25, 0.3) is 5.91 Å². The van der Waals surface area contributed by atoms with Crippen molar-refractivity contribution in [3.8, 4) is 11.3 Å². The van der Waals surface area contributed by atoms with Gasteiger partial charge in [-0.1, -0.05) is 26.0 Å². The van der Waals surface area contributed by atoms with E-state index in [1.165, 1.54) is 4.90 Å². The molecule has 4 rings (SSSR count). The van der Waals surface area contributed by atoms with Crippen molar-refractivity contribution in [1.82, 2.24) is 20.1 Å². The summed E-state index contributed by atoms with van der Waals surface area (Å²) < 4.78 is 5.26. The number of ether oxygens (including phenoxy) is 1. The molecule has 2 saturated heterocycles. The zero-order chi connectivity index (χ0) is 26.5. The molecule has 2 aliphatic rings. The molecule has 2 fully saturated rings. The molecule has 1 aromatic carbocycles. The summed E-state index contributed by atoms with van der Waals surface area (Å²) in [7, 11) is 2.13. The van der Waals surface area contributed by atoms with Gasteiger partial charge in [0.05, 0.1) is 12.3 Å². The number of carbonyl (C=O) groups excluding carboxylic acids is 3. The average molecular weight is 528 g/mol. The van der Waals surface area contributed by atoms with E-state index in [9.17, 15) is 14.4 Å². The lowest BCUT2D eigenvalue weighted by Crippen LogP contribution is -2.54. The van der Waals surface area contributed by atoms with Crippen LogP contribution in [0.4, 0.5) is 5.13 Å². The largest absolute Gasteiger partial charge is 0.371 e. The molecule has 37 heavy (non-hydrogen) atoms. The Morgan fingerprint density at radius 3 is 2.49 bits per heavy atom. The Kier molecular flexibility index (Phi) is 8.94. The van der Waals surface area contributed by atoms with Crippen LogP contribution in [0.1, 0.15) is 37.6 Å². The van der Waals surface area contributed by atoms with Crippen molar-refractivity contribution in [2.45, 2.75) is 39.3 Å². The molecule has 2 atom stereocenters. The number of nitrogens with one attached hydrogen (secondary N) is 1. The van der Waals surface area contributed by atoms with Gasteiger partial charge in [0, 0.05) is 49.2 Å². The molecule has 2 aliphatic heterocycles. The summed E-state index contributed by atoms with van der Waals surface area (Å²) in [5.74, 6) is -0.473. The van der Waals surface area contributed by atoms with Crippen LogP contribution in [0.15, 0.2) is 29.6 Å². The lowest BCUT2D eigenvalue weighted by atomic mass is 10.0. The number of ketones is 1. The van der Waals surface area contributed by atoms with Crippen molar-refractivity contribution in [3.05, 3.63) is 35.2 Å². The van der Waals surface area contributed by atoms with Crippen molar-refractivity contribution in [3.63, 3.8) is 0 Å². The van der Waals surface area contributed by atoms with Crippen LogP contribution in [0.3, 0.4) is 0 Å². The number of anilines is 1. The Bertz CT molecular complexity index is 1090. The molecule has 0 spiro atoms. The summed E-state index contributed by atoms with van der Waals surface area (Å²) in [6.07, 6.45) is 0.481. The van der Waals surface area contributed by atoms with Crippen molar-refractivity contribution in [2.24, 2.45) is 5.92 Å². The number of hydrogen-bond donors (Lipinski definition) is 1. The van der Waals surface area contributed by atoms with Gasteiger partial charge in [-0.15, -0.1) is 11.3 Å². The molecule has 2 aromatic rings. The van der Waals surface area contributed by atoms with Gasteiger partial charge in [0.15, 0.2) is 10.9 Å². The maximum atomic E-state index is 13.4. The van der Waals surface area contributed by atoms with E-state index in [0.717, 1.165) is 42.6 Å². The highest BCUT2D eigenvalue weighted by molar-refractivity contribution is 7.14. The summed E-state index contributed by atoms with van der Waals surface area (Å²) in [6, 6.07) is 6.01. The van der Waals surface area contributed by atoms with Crippen molar-refractivity contribution >= 4 is 34.1 Å². The van der Waals surface area contributed by atoms with Gasteiger partial charge < -0.3 is 24.8 Å². The number of amides is 2. The number of Topliss-reactive ketones (excluding diaryl/α,β-unsaturated/α-hetero) is 1. The second-order valence-electron chi connectivity index (χ2n) is 10.2. The van der Waals surface area contributed by atoms with Gasteiger partial charge in [-0.05, 0) is 38.4 Å². The predicted octanol–water partition coefficient (Wildman–Crippen LogP) is 2.52. The summed E-state index contributed by atoms with van der Waals surface area (Å²) in [6.45, 7) is 10.4. The molecule has 2 unspecified atom stereocenters. The van der Waals surface area contributed by atoms with Gasteiger partial charge in [0.2, 0.25) is 5.91 Å². The Morgan fingerprint density at radius 2 is 1.89 bits per heavy atom. The summed E-state index contributed by atoms with van der Waals surface area (Å²) >= 11 is 1.64. The van der Waals surface area contributed by atoms with Crippen molar-refractivity contribution < 1.29 is 19.1 Å². The molecule has 0 aliphatic carbocycles. The van der Waals surface area contributed by atoms with Gasteiger partial charge in [0.1, 0.15) is 18.7 Å². The number of rotatable bonds is 9. The number of nitrogens with zero attached hydrogens (tertiary/aromatic N) is 4. The highest BCUT2D eigenvalue weighted by atomic mass is 32.1. The van der Waals surface area contributed by atoms with E-state index in [1.807, 2.05) is 38.3 Å². The van der Waals surface area contributed by atoms with E-state index in [-0.39, 0.29) is 36.7 Å². The fourth-order valence-electron chi connectivity index (χ4n) is 4.72. The highest BCUT2D eigenvalue weighted by Gasteiger charge is 2.36. The number of aromatic nitrogens is 1. The standard InChI is InChI=1S/C27H37N5O4S/c1-5-32(23-15-36-16-24(23)33)26(35)21(14-18(2)3)28-25(34)20-8-6-19(7-9-20)22-17-37-27(29-22)31-12-10-30(4)11-13-31/h6-9,17-18,21,23H,5,10-16H2,1-4H3,(H,28,34). The molecule has 9 nitrogen and oxygen atoms in total. The smallest absolute Gasteiger partial charge is 0.251 e. The number of piperazine rings is 1. The predicted molar refractivity (Wildman–Crippen MR) is 145 cm³/mol. The number of carbonyl (C=O) groups is 3. The van der Waals surface area contributed by atoms with Gasteiger partial charge in [-0.25, -0.2) is 4.98 Å². The third-order valence-corrected chi connectivity index (χ3v) is 7.81. The summed E-state index contributed by atoms with van der Waals surface area (Å²) in [4.78, 5) is 49.7. The third kappa shape index (κ3) is 6.55. The Balaban J connectivity index is 1.43. The molecular formula is C27H37N5O4S.